The maximum absolute atomic E-state index is 11.3. The van der Waals surface area contributed by atoms with Gasteiger partial charge in [-0.3, -0.25) is 4.79 Å². The summed E-state index contributed by atoms with van der Waals surface area (Å²) in [6.07, 6.45) is 13.8. The van der Waals surface area contributed by atoms with Gasteiger partial charge in [0.15, 0.2) is 0 Å². The Labute approximate surface area is 106 Å². The molecule has 0 saturated heterocycles. The molecule has 0 aliphatic carbocycles. The second-order valence-electron chi connectivity index (χ2n) is 4.29. The van der Waals surface area contributed by atoms with Gasteiger partial charge >= 0.3 is 5.97 Å². The van der Waals surface area contributed by atoms with Crippen LogP contribution in [0.15, 0.2) is 24.3 Å². The fraction of sp³-hybridized carbons (Fsp3) is 0.667. The van der Waals surface area contributed by atoms with Gasteiger partial charge in [0.25, 0.3) is 0 Å². The van der Waals surface area contributed by atoms with Crippen molar-refractivity contribution in [2.24, 2.45) is 5.92 Å². The fourth-order valence-electron chi connectivity index (χ4n) is 1.26. The molecular formula is C15H26O2. The van der Waals surface area contributed by atoms with E-state index in [1.807, 2.05) is 32.1 Å². The largest absolute Gasteiger partial charge is 0.461 e. The molecule has 98 valence electrons. The van der Waals surface area contributed by atoms with Crippen LogP contribution in [0.5, 0.6) is 0 Å². The number of carbonyl (C=O) groups is 1. The van der Waals surface area contributed by atoms with Gasteiger partial charge < -0.3 is 4.74 Å². The normalized spacial score (nSPS) is 13.4. The second kappa shape index (κ2) is 11.4. The van der Waals surface area contributed by atoms with Gasteiger partial charge in [-0.15, -0.1) is 0 Å². The number of ether oxygens (including phenoxy) is 1. The molecule has 2 heteroatoms. The van der Waals surface area contributed by atoms with Gasteiger partial charge in [-0.2, -0.15) is 0 Å². The van der Waals surface area contributed by atoms with Crippen molar-refractivity contribution in [2.75, 3.05) is 6.61 Å². The zero-order chi connectivity index (χ0) is 12.9. The van der Waals surface area contributed by atoms with Crippen LogP contribution in [-0.2, 0) is 9.53 Å². The summed E-state index contributed by atoms with van der Waals surface area (Å²) in [5.41, 5.74) is 0. The highest BCUT2D eigenvalue weighted by Gasteiger charge is 2.10. The second-order valence-corrected chi connectivity index (χ2v) is 4.29. The van der Waals surface area contributed by atoms with Gasteiger partial charge in [-0.1, -0.05) is 51.8 Å². The van der Waals surface area contributed by atoms with E-state index in [1.54, 1.807) is 0 Å². The molecule has 0 aromatic carbocycles. The van der Waals surface area contributed by atoms with Crippen LogP contribution in [0.3, 0.4) is 0 Å². The maximum atomic E-state index is 11.3. The summed E-state index contributed by atoms with van der Waals surface area (Å²) in [5.74, 6) is -0.0999. The molecule has 0 fully saturated rings. The highest BCUT2D eigenvalue weighted by Crippen LogP contribution is 2.03. The summed E-state index contributed by atoms with van der Waals surface area (Å²) in [6, 6.07) is 0. The van der Waals surface area contributed by atoms with E-state index in [1.165, 1.54) is 19.3 Å². The Hall–Kier alpha value is -1.05. The Bertz CT molecular complexity index is 241. The number of allylic oxidation sites excluding steroid dienone is 3. The summed E-state index contributed by atoms with van der Waals surface area (Å²) in [7, 11) is 0. The summed E-state index contributed by atoms with van der Waals surface area (Å²) in [4.78, 5) is 11.3. The van der Waals surface area contributed by atoms with E-state index in [9.17, 15) is 4.79 Å². The Morgan fingerprint density at radius 2 is 1.88 bits per heavy atom. The van der Waals surface area contributed by atoms with Crippen LogP contribution in [-0.4, -0.2) is 12.6 Å². The first-order valence-corrected chi connectivity index (χ1v) is 6.70. The molecule has 17 heavy (non-hydrogen) atoms. The van der Waals surface area contributed by atoms with Crippen molar-refractivity contribution in [3.8, 4) is 0 Å². The molecule has 0 heterocycles. The van der Waals surface area contributed by atoms with Crippen LogP contribution in [0.4, 0.5) is 0 Å². The lowest BCUT2D eigenvalue weighted by atomic mass is 10.1. The van der Waals surface area contributed by atoms with Crippen LogP contribution in [0, 0.1) is 5.92 Å². The van der Waals surface area contributed by atoms with Crippen molar-refractivity contribution >= 4 is 5.97 Å². The minimum atomic E-state index is -0.107. The summed E-state index contributed by atoms with van der Waals surface area (Å²) < 4.78 is 5.08. The molecule has 0 amide bonds. The Balaban J connectivity index is 3.51. The van der Waals surface area contributed by atoms with Crippen molar-refractivity contribution in [3.63, 3.8) is 0 Å². The lowest BCUT2D eigenvalue weighted by Crippen LogP contribution is -2.13. The average Bonchev–Trinajstić information content (AvgIpc) is 2.35. The maximum Gasteiger partial charge on any atom is 0.308 e. The molecule has 0 aliphatic rings. The zero-order valence-electron chi connectivity index (χ0n) is 11.4. The number of hydrogen-bond acceptors (Lipinski definition) is 2. The molecule has 0 unspecified atom stereocenters. The average molecular weight is 238 g/mol. The molecule has 1 atom stereocenters. The molecule has 0 spiro atoms. The monoisotopic (exact) mass is 238 g/mol. The van der Waals surface area contributed by atoms with E-state index >= 15 is 0 Å². The SMILES string of the molecule is CCCCC/C=C\C=C\COC(=O)[C@H](C)CC. The predicted molar refractivity (Wildman–Crippen MR) is 72.8 cm³/mol. The molecule has 0 aliphatic heterocycles. The first-order valence-electron chi connectivity index (χ1n) is 6.70. The van der Waals surface area contributed by atoms with E-state index < -0.39 is 0 Å². The molecule has 0 radical (unpaired) electrons. The molecule has 2 nitrogen and oxygen atoms in total. The van der Waals surface area contributed by atoms with E-state index in [4.69, 9.17) is 4.74 Å². The number of hydrogen-bond donors (Lipinski definition) is 0. The molecule has 0 bridgehead atoms. The van der Waals surface area contributed by atoms with Gasteiger partial charge in [-0.25, -0.2) is 0 Å². The van der Waals surface area contributed by atoms with E-state index in [0.717, 1.165) is 12.8 Å². The standard InChI is InChI=1S/C15H26O2/c1-4-6-7-8-9-10-11-12-13-17-15(16)14(3)5-2/h9-12,14H,4-8,13H2,1-3H3/b10-9-,12-11+/t14-/m1/s1. The topological polar surface area (TPSA) is 26.3 Å². The predicted octanol–water partition coefficient (Wildman–Crippen LogP) is 4.27. The number of carbonyl (C=O) groups excluding carboxylic acids is 1. The molecule has 0 aromatic rings. The number of rotatable bonds is 9. The zero-order valence-corrected chi connectivity index (χ0v) is 11.4. The molecule has 0 rings (SSSR count). The summed E-state index contributed by atoms with van der Waals surface area (Å²) >= 11 is 0. The number of esters is 1. The van der Waals surface area contributed by atoms with Crippen molar-refractivity contribution in [3.05, 3.63) is 24.3 Å². The van der Waals surface area contributed by atoms with Gasteiger partial charge in [0.2, 0.25) is 0 Å². The van der Waals surface area contributed by atoms with Gasteiger partial charge in [0.1, 0.15) is 6.61 Å². The van der Waals surface area contributed by atoms with Crippen LogP contribution in [0.25, 0.3) is 0 Å². The van der Waals surface area contributed by atoms with Gasteiger partial charge in [-0.05, 0) is 25.3 Å². The lowest BCUT2D eigenvalue weighted by molar-refractivity contribution is -0.146. The van der Waals surface area contributed by atoms with Gasteiger partial charge in [0.05, 0.1) is 5.92 Å². The van der Waals surface area contributed by atoms with Crippen molar-refractivity contribution < 1.29 is 9.53 Å². The highest BCUT2D eigenvalue weighted by molar-refractivity contribution is 5.71. The number of unbranched alkanes of at least 4 members (excludes halogenated alkanes) is 3. The minimum absolute atomic E-state index is 0.00739. The summed E-state index contributed by atoms with van der Waals surface area (Å²) in [5, 5.41) is 0. The summed E-state index contributed by atoms with van der Waals surface area (Å²) in [6.45, 7) is 6.46. The van der Waals surface area contributed by atoms with E-state index in [2.05, 4.69) is 13.0 Å². The van der Waals surface area contributed by atoms with Crippen molar-refractivity contribution in [1.29, 1.82) is 0 Å². The van der Waals surface area contributed by atoms with Crippen LogP contribution in [0.1, 0.15) is 52.9 Å². The molecule has 0 aromatic heterocycles. The Kier molecular flexibility index (Phi) is 10.7. The molecular weight excluding hydrogens is 212 g/mol. The third-order valence-electron chi connectivity index (χ3n) is 2.69. The first kappa shape index (κ1) is 16.0. The van der Waals surface area contributed by atoms with Crippen LogP contribution in [0.2, 0.25) is 0 Å². The fourth-order valence-corrected chi connectivity index (χ4v) is 1.26. The van der Waals surface area contributed by atoms with Crippen molar-refractivity contribution in [1.82, 2.24) is 0 Å². The Morgan fingerprint density at radius 3 is 2.53 bits per heavy atom. The van der Waals surface area contributed by atoms with Crippen molar-refractivity contribution in [2.45, 2.75) is 52.9 Å². The third-order valence-corrected chi connectivity index (χ3v) is 2.69. The minimum Gasteiger partial charge on any atom is -0.461 e. The molecule has 0 N–H and O–H groups in total. The smallest absolute Gasteiger partial charge is 0.308 e. The highest BCUT2D eigenvalue weighted by atomic mass is 16.5. The van der Waals surface area contributed by atoms with E-state index in [-0.39, 0.29) is 11.9 Å². The van der Waals surface area contributed by atoms with Gasteiger partial charge in [0, 0.05) is 0 Å². The first-order chi connectivity index (χ1) is 8.22. The quantitative estimate of drug-likeness (QED) is 0.341. The Morgan fingerprint density at radius 1 is 1.18 bits per heavy atom. The van der Waals surface area contributed by atoms with Crippen LogP contribution < -0.4 is 0 Å². The lowest BCUT2D eigenvalue weighted by Gasteiger charge is -2.06. The van der Waals surface area contributed by atoms with E-state index in [0.29, 0.717) is 6.61 Å². The third kappa shape index (κ3) is 9.86. The molecule has 0 saturated carbocycles. The van der Waals surface area contributed by atoms with Crippen LogP contribution >= 0.6 is 0 Å².